The average Bonchev–Trinajstić information content (AvgIpc) is 2.38. The molecule has 0 unspecified atom stereocenters. The van der Waals surface area contributed by atoms with Gasteiger partial charge in [0.05, 0.1) is 5.57 Å². The molecule has 1 aliphatic heterocycles. The molecule has 4 nitrogen and oxygen atoms in total. The number of hydrogen-bond donors (Lipinski definition) is 1. The standard InChI is InChI=1S/C14H19N3O/c1-16-7-9-17(10-8-16)11-13(14(15)18)12-5-3-2-4-6-12/h2-6,11H,7-10H2,1H3,(H2,15,18). The van der Waals surface area contributed by atoms with Crippen LogP contribution in [0.15, 0.2) is 36.5 Å². The quantitative estimate of drug-likeness (QED) is 0.800. The van der Waals surface area contributed by atoms with E-state index in [1.807, 2.05) is 36.5 Å². The largest absolute Gasteiger partial charge is 0.374 e. The molecule has 0 radical (unpaired) electrons. The number of amides is 1. The average molecular weight is 245 g/mol. The van der Waals surface area contributed by atoms with Crippen molar-refractivity contribution in [3.05, 3.63) is 42.1 Å². The SMILES string of the molecule is CN1CCN(C=C(C(N)=O)c2ccccc2)CC1. The Morgan fingerprint density at radius 3 is 2.33 bits per heavy atom. The summed E-state index contributed by atoms with van der Waals surface area (Å²) in [6.07, 6.45) is 1.89. The molecule has 0 saturated carbocycles. The molecule has 1 aromatic carbocycles. The van der Waals surface area contributed by atoms with Crippen molar-refractivity contribution in [2.75, 3.05) is 33.2 Å². The number of likely N-dealkylation sites (N-methyl/N-ethyl adjacent to an activating group) is 1. The molecule has 1 saturated heterocycles. The molecule has 1 amide bonds. The monoisotopic (exact) mass is 245 g/mol. The van der Waals surface area contributed by atoms with Crippen LogP contribution >= 0.6 is 0 Å². The van der Waals surface area contributed by atoms with Gasteiger partial charge in [-0.05, 0) is 12.6 Å². The highest BCUT2D eigenvalue weighted by Gasteiger charge is 2.14. The van der Waals surface area contributed by atoms with Crippen LogP contribution in [0, 0.1) is 0 Å². The van der Waals surface area contributed by atoms with Crippen LogP contribution in [0.5, 0.6) is 0 Å². The van der Waals surface area contributed by atoms with Crippen LogP contribution in [0.25, 0.3) is 5.57 Å². The van der Waals surface area contributed by atoms with Crippen molar-refractivity contribution in [1.82, 2.24) is 9.80 Å². The summed E-state index contributed by atoms with van der Waals surface area (Å²) >= 11 is 0. The molecule has 18 heavy (non-hydrogen) atoms. The Morgan fingerprint density at radius 2 is 1.78 bits per heavy atom. The van der Waals surface area contributed by atoms with Crippen LogP contribution in [-0.2, 0) is 4.79 Å². The number of piperazine rings is 1. The number of carbonyl (C=O) groups is 1. The maximum absolute atomic E-state index is 11.6. The maximum atomic E-state index is 11.6. The minimum atomic E-state index is -0.375. The second-order valence-electron chi connectivity index (χ2n) is 4.61. The first kappa shape index (κ1) is 12.6. The number of primary amides is 1. The van der Waals surface area contributed by atoms with Gasteiger partial charge in [-0.2, -0.15) is 0 Å². The molecule has 0 aliphatic carbocycles. The Morgan fingerprint density at radius 1 is 1.17 bits per heavy atom. The molecule has 2 rings (SSSR count). The minimum Gasteiger partial charge on any atom is -0.374 e. The topological polar surface area (TPSA) is 49.6 Å². The van der Waals surface area contributed by atoms with E-state index in [1.54, 1.807) is 0 Å². The van der Waals surface area contributed by atoms with Crippen molar-refractivity contribution < 1.29 is 4.79 Å². The molecule has 1 heterocycles. The summed E-state index contributed by atoms with van der Waals surface area (Å²) in [6, 6.07) is 9.57. The van der Waals surface area contributed by atoms with E-state index in [1.165, 1.54) is 0 Å². The molecule has 0 aromatic heterocycles. The Bertz CT molecular complexity index is 434. The van der Waals surface area contributed by atoms with Crippen LogP contribution in [0.3, 0.4) is 0 Å². The van der Waals surface area contributed by atoms with E-state index < -0.39 is 0 Å². The Hall–Kier alpha value is -1.81. The molecule has 1 fully saturated rings. The predicted molar refractivity (Wildman–Crippen MR) is 72.7 cm³/mol. The minimum absolute atomic E-state index is 0.375. The van der Waals surface area contributed by atoms with Gasteiger partial charge in [0.15, 0.2) is 0 Å². The highest BCUT2D eigenvalue weighted by atomic mass is 16.1. The van der Waals surface area contributed by atoms with Gasteiger partial charge in [-0.1, -0.05) is 30.3 Å². The number of nitrogens with two attached hydrogens (primary N) is 1. The number of nitrogens with zero attached hydrogens (tertiary/aromatic N) is 2. The summed E-state index contributed by atoms with van der Waals surface area (Å²) in [5, 5.41) is 0. The summed E-state index contributed by atoms with van der Waals surface area (Å²) in [5.74, 6) is -0.375. The molecule has 1 aliphatic rings. The Balaban J connectivity index is 2.18. The molecular formula is C14H19N3O. The van der Waals surface area contributed by atoms with Gasteiger partial charge < -0.3 is 15.5 Å². The first-order chi connectivity index (χ1) is 8.66. The van der Waals surface area contributed by atoms with Crippen LogP contribution in [0.2, 0.25) is 0 Å². The van der Waals surface area contributed by atoms with Crippen molar-refractivity contribution >= 4 is 11.5 Å². The molecule has 1 aromatic rings. The van der Waals surface area contributed by atoms with E-state index in [4.69, 9.17) is 5.73 Å². The number of carbonyl (C=O) groups excluding carboxylic acids is 1. The van der Waals surface area contributed by atoms with E-state index in [0.717, 1.165) is 31.7 Å². The van der Waals surface area contributed by atoms with E-state index in [9.17, 15) is 4.79 Å². The fourth-order valence-corrected chi connectivity index (χ4v) is 2.03. The summed E-state index contributed by atoms with van der Waals surface area (Å²) in [7, 11) is 2.10. The first-order valence-corrected chi connectivity index (χ1v) is 6.16. The molecule has 4 heteroatoms. The van der Waals surface area contributed by atoms with Crippen molar-refractivity contribution in [2.45, 2.75) is 0 Å². The smallest absolute Gasteiger partial charge is 0.250 e. The Kier molecular flexibility index (Phi) is 3.99. The molecular weight excluding hydrogens is 226 g/mol. The van der Waals surface area contributed by atoms with Crippen LogP contribution in [-0.4, -0.2) is 48.9 Å². The third kappa shape index (κ3) is 3.11. The first-order valence-electron chi connectivity index (χ1n) is 6.16. The number of rotatable bonds is 3. The van der Waals surface area contributed by atoms with E-state index in [0.29, 0.717) is 5.57 Å². The van der Waals surface area contributed by atoms with E-state index in [2.05, 4.69) is 16.8 Å². The zero-order valence-electron chi connectivity index (χ0n) is 10.7. The summed E-state index contributed by atoms with van der Waals surface area (Å²) in [6.45, 7) is 3.88. The van der Waals surface area contributed by atoms with Crippen molar-refractivity contribution in [3.8, 4) is 0 Å². The fraction of sp³-hybridized carbons (Fsp3) is 0.357. The van der Waals surface area contributed by atoms with Gasteiger partial charge >= 0.3 is 0 Å². The van der Waals surface area contributed by atoms with Gasteiger partial charge in [-0.15, -0.1) is 0 Å². The predicted octanol–water partition coefficient (Wildman–Crippen LogP) is 0.760. The van der Waals surface area contributed by atoms with Crippen molar-refractivity contribution in [1.29, 1.82) is 0 Å². The van der Waals surface area contributed by atoms with Crippen molar-refractivity contribution in [3.63, 3.8) is 0 Å². The van der Waals surface area contributed by atoms with E-state index >= 15 is 0 Å². The van der Waals surface area contributed by atoms with E-state index in [-0.39, 0.29) is 5.91 Å². The normalized spacial score (nSPS) is 17.8. The molecule has 2 N–H and O–H groups in total. The summed E-state index contributed by atoms with van der Waals surface area (Å²) in [4.78, 5) is 16.0. The lowest BCUT2D eigenvalue weighted by Crippen LogP contribution is -2.42. The lowest BCUT2D eigenvalue weighted by atomic mass is 10.1. The van der Waals surface area contributed by atoms with Crippen LogP contribution < -0.4 is 5.73 Å². The second kappa shape index (κ2) is 5.69. The zero-order valence-corrected chi connectivity index (χ0v) is 10.7. The number of benzene rings is 1. The summed E-state index contributed by atoms with van der Waals surface area (Å²) < 4.78 is 0. The van der Waals surface area contributed by atoms with Crippen LogP contribution in [0.4, 0.5) is 0 Å². The lowest BCUT2D eigenvalue weighted by molar-refractivity contribution is -0.112. The third-order valence-electron chi connectivity index (χ3n) is 3.20. The van der Waals surface area contributed by atoms with Crippen molar-refractivity contribution in [2.24, 2.45) is 5.73 Å². The zero-order chi connectivity index (χ0) is 13.0. The van der Waals surface area contributed by atoms with Gasteiger partial charge in [0.25, 0.3) is 5.91 Å². The molecule has 0 spiro atoms. The highest BCUT2D eigenvalue weighted by Crippen LogP contribution is 2.15. The molecule has 96 valence electrons. The number of hydrogen-bond acceptors (Lipinski definition) is 3. The van der Waals surface area contributed by atoms with Gasteiger partial charge in [0, 0.05) is 32.4 Å². The maximum Gasteiger partial charge on any atom is 0.250 e. The molecule has 0 bridgehead atoms. The van der Waals surface area contributed by atoms with Crippen LogP contribution in [0.1, 0.15) is 5.56 Å². The highest BCUT2D eigenvalue weighted by molar-refractivity contribution is 6.18. The second-order valence-corrected chi connectivity index (χ2v) is 4.61. The van der Waals surface area contributed by atoms with Gasteiger partial charge in [0.1, 0.15) is 0 Å². The van der Waals surface area contributed by atoms with Gasteiger partial charge in [0.2, 0.25) is 0 Å². The third-order valence-corrected chi connectivity index (χ3v) is 3.20. The van der Waals surface area contributed by atoms with Gasteiger partial charge in [-0.3, -0.25) is 4.79 Å². The summed E-state index contributed by atoms with van der Waals surface area (Å²) in [5.41, 5.74) is 6.93. The van der Waals surface area contributed by atoms with Gasteiger partial charge in [-0.25, -0.2) is 0 Å². The fourth-order valence-electron chi connectivity index (χ4n) is 2.03. The Labute approximate surface area is 108 Å². The lowest BCUT2D eigenvalue weighted by Gasteiger charge is -2.32. The molecule has 0 atom stereocenters.